The third-order valence-electron chi connectivity index (χ3n) is 5.84. The topological polar surface area (TPSA) is 46.5 Å². The summed E-state index contributed by atoms with van der Waals surface area (Å²) in [5.74, 6) is 1.15. The molecule has 0 radical (unpaired) electrons. The quantitative estimate of drug-likeness (QED) is 0.495. The SMILES string of the molecule is Cc1nc2c(F)cc(-c3c[nH]c4nc(C5CCC5)ccc34)cc2n1C(C)C. The highest BCUT2D eigenvalue weighted by Crippen LogP contribution is 2.37. The fourth-order valence-electron chi connectivity index (χ4n) is 4.27. The zero-order chi connectivity index (χ0) is 18.7. The molecule has 1 aromatic carbocycles. The molecule has 0 unspecified atom stereocenters. The summed E-state index contributed by atoms with van der Waals surface area (Å²) < 4.78 is 16.9. The smallest absolute Gasteiger partial charge is 0.151 e. The van der Waals surface area contributed by atoms with Crippen LogP contribution in [0.4, 0.5) is 4.39 Å². The summed E-state index contributed by atoms with van der Waals surface area (Å²) in [6.07, 6.45) is 5.69. The van der Waals surface area contributed by atoms with Crippen LogP contribution in [0.25, 0.3) is 33.2 Å². The van der Waals surface area contributed by atoms with E-state index in [0.29, 0.717) is 11.4 Å². The van der Waals surface area contributed by atoms with Gasteiger partial charge in [-0.05, 0) is 63.4 Å². The molecular weight excluding hydrogens is 339 g/mol. The lowest BCUT2D eigenvalue weighted by atomic mass is 9.82. The molecule has 27 heavy (non-hydrogen) atoms. The summed E-state index contributed by atoms with van der Waals surface area (Å²) in [5, 5.41) is 1.03. The second kappa shape index (κ2) is 5.91. The summed E-state index contributed by atoms with van der Waals surface area (Å²) in [5.41, 5.74) is 5.15. The third kappa shape index (κ3) is 2.48. The average molecular weight is 362 g/mol. The minimum atomic E-state index is -0.279. The maximum absolute atomic E-state index is 14.8. The van der Waals surface area contributed by atoms with Crippen molar-refractivity contribution in [3.8, 4) is 11.1 Å². The van der Waals surface area contributed by atoms with Crippen LogP contribution >= 0.6 is 0 Å². The predicted molar refractivity (Wildman–Crippen MR) is 106 cm³/mol. The van der Waals surface area contributed by atoms with Crippen LogP contribution in [0.15, 0.2) is 30.5 Å². The number of aromatic nitrogens is 4. The highest BCUT2D eigenvalue weighted by atomic mass is 19.1. The summed E-state index contributed by atoms with van der Waals surface area (Å²) in [4.78, 5) is 12.5. The van der Waals surface area contributed by atoms with Gasteiger partial charge in [0.2, 0.25) is 0 Å². The summed E-state index contributed by atoms with van der Waals surface area (Å²) >= 11 is 0. The molecule has 0 spiro atoms. The molecule has 0 bridgehead atoms. The van der Waals surface area contributed by atoms with E-state index in [9.17, 15) is 4.39 Å². The third-order valence-corrected chi connectivity index (χ3v) is 5.84. The van der Waals surface area contributed by atoms with Crippen molar-refractivity contribution in [2.24, 2.45) is 0 Å². The Balaban J connectivity index is 1.67. The summed E-state index contributed by atoms with van der Waals surface area (Å²) in [7, 11) is 0. The van der Waals surface area contributed by atoms with E-state index in [0.717, 1.165) is 39.2 Å². The lowest BCUT2D eigenvalue weighted by Crippen LogP contribution is -2.10. The molecule has 0 amide bonds. The molecule has 4 aromatic rings. The molecule has 4 nitrogen and oxygen atoms in total. The van der Waals surface area contributed by atoms with Crippen LogP contribution in [-0.4, -0.2) is 19.5 Å². The molecule has 3 aromatic heterocycles. The number of halogens is 1. The van der Waals surface area contributed by atoms with Gasteiger partial charge in [0, 0.05) is 34.8 Å². The van der Waals surface area contributed by atoms with E-state index >= 15 is 0 Å². The van der Waals surface area contributed by atoms with Gasteiger partial charge in [-0.1, -0.05) is 6.42 Å². The minimum absolute atomic E-state index is 0.222. The Morgan fingerprint density at radius 1 is 1.19 bits per heavy atom. The van der Waals surface area contributed by atoms with E-state index in [1.165, 1.54) is 19.3 Å². The van der Waals surface area contributed by atoms with Crippen LogP contribution in [0.3, 0.4) is 0 Å². The maximum atomic E-state index is 14.8. The largest absolute Gasteiger partial charge is 0.346 e. The molecule has 5 rings (SSSR count). The number of imidazole rings is 1. The van der Waals surface area contributed by atoms with E-state index in [2.05, 4.69) is 40.5 Å². The number of pyridine rings is 1. The Kier molecular flexibility index (Phi) is 3.61. The first-order valence-corrected chi connectivity index (χ1v) is 9.69. The Morgan fingerprint density at radius 3 is 2.70 bits per heavy atom. The lowest BCUT2D eigenvalue weighted by molar-refractivity contribution is 0.412. The number of fused-ring (bicyclic) bond motifs is 2. The summed E-state index contributed by atoms with van der Waals surface area (Å²) in [6.45, 7) is 6.11. The van der Waals surface area contributed by atoms with E-state index < -0.39 is 0 Å². The molecule has 1 aliphatic rings. The van der Waals surface area contributed by atoms with E-state index in [4.69, 9.17) is 4.98 Å². The van der Waals surface area contributed by atoms with Crippen LogP contribution in [0.1, 0.15) is 56.6 Å². The molecule has 3 heterocycles. The fourth-order valence-corrected chi connectivity index (χ4v) is 4.27. The molecule has 138 valence electrons. The van der Waals surface area contributed by atoms with Crippen molar-refractivity contribution >= 4 is 22.1 Å². The number of nitrogens with zero attached hydrogens (tertiary/aromatic N) is 3. The highest BCUT2D eigenvalue weighted by Gasteiger charge is 2.22. The standard InChI is InChI=1S/C22H23FN4/c1-12(2)27-13(3)25-21-18(23)9-15(10-20(21)27)17-11-24-22-16(17)7-8-19(26-22)14-5-4-6-14/h7-12,14H,4-6H2,1-3H3,(H,24,26). The molecule has 1 N–H and O–H groups in total. The molecule has 1 fully saturated rings. The average Bonchev–Trinajstić information content (AvgIpc) is 3.13. The first-order chi connectivity index (χ1) is 13.0. The van der Waals surface area contributed by atoms with Crippen molar-refractivity contribution in [2.75, 3.05) is 0 Å². The number of hydrogen-bond acceptors (Lipinski definition) is 2. The first-order valence-electron chi connectivity index (χ1n) is 9.69. The van der Waals surface area contributed by atoms with E-state index in [-0.39, 0.29) is 11.9 Å². The fraction of sp³-hybridized carbons (Fsp3) is 0.364. The zero-order valence-electron chi connectivity index (χ0n) is 15.9. The van der Waals surface area contributed by atoms with Crippen molar-refractivity contribution in [2.45, 2.75) is 52.0 Å². The number of nitrogens with one attached hydrogen (secondary N) is 1. The Bertz CT molecular complexity index is 1160. The Morgan fingerprint density at radius 2 is 2.00 bits per heavy atom. The summed E-state index contributed by atoms with van der Waals surface area (Å²) in [6, 6.07) is 8.10. The van der Waals surface area contributed by atoms with Crippen molar-refractivity contribution in [3.05, 3.63) is 47.8 Å². The van der Waals surface area contributed by atoms with Crippen LogP contribution in [0.2, 0.25) is 0 Å². The first kappa shape index (κ1) is 16.5. The van der Waals surface area contributed by atoms with Gasteiger partial charge in [0.25, 0.3) is 0 Å². The Hall–Kier alpha value is -2.69. The predicted octanol–water partition coefficient (Wildman–Crippen LogP) is 5.88. The minimum Gasteiger partial charge on any atom is -0.346 e. The number of rotatable bonds is 3. The highest BCUT2D eigenvalue weighted by molar-refractivity contribution is 5.96. The van der Waals surface area contributed by atoms with Gasteiger partial charge in [-0.3, -0.25) is 0 Å². The van der Waals surface area contributed by atoms with Crippen molar-refractivity contribution in [1.82, 2.24) is 19.5 Å². The van der Waals surface area contributed by atoms with Crippen molar-refractivity contribution in [3.63, 3.8) is 0 Å². The van der Waals surface area contributed by atoms with Gasteiger partial charge in [0.1, 0.15) is 17.0 Å². The molecule has 1 saturated carbocycles. The monoisotopic (exact) mass is 362 g/mol. The van der Waals surface area contributed by atoms with Gasteiger partial charge >= 0.3 is 0 Å². The van der Waals surface area contributed by atoms with Crippen LogP contribution in [-0.2, 0) is 0 Å². The van der Waals surface area contributed by atoms with Gasteiger partial charge in [-0.2, -0.15) is 0 Å². The second-order valence-corrected chi connectivity index (χ2v) is 7.91. The zero-order valence-corrected chi connectivity index (χ0v) is 15.9. The van der Waals surface area contributed by atoms with Gasteiger partial charge in [0.15, 0.2) is 5.82 Å². The van der Waals surface area contributed by atoms with Gasteiger partial charge < -0.3 is 9.55 Å². The number of H-pyrrole nitrogens is 1. The van der Waals surface area contributed by atoms with Gasteiger partial charge in [-0.15, -0.1) is 0 Å². The van der Waals surface area contributed by atoms with Crippen molar-refractivity contribution < 1.29 is 4.39 Å². The van der Waals surface area contributed by atoms with Crippen molar-refractivity contribution in [1.29, 1.82) is 0 Å². The maximum Gasteiger partial charge on any atom is 0.151 e. The normalized spacial score (nSPS) is 15.1. The molecular formula is C22H23FN4. The van der Waals surface area contributed by atoms with E-state index in [1.54, 1.807) is 6.07 Å². The van der Waals surface area contributed by atoms with Crippen LogP contribution in [0.5, 0.6) is 0 Å². The lowest BCUT2D eigenvalue weighted by Gasteiger charge is -2.24. The molecule has 0 atom stereocenters. The molecule has 0 aliphatic heterocycles. The molecule has 0 saturated heterocycles. The number of aryl methyl sites for hydroxylation is 1. The van der Waals surface area contributed by atoms with E-state index in [1.807, 2.05) is 19.2 Å². The second-order valence-electron chi connectivity index (χ2n) is 7.91. The number of hydrogen-bond donors (Lipinski definition) is 1. The molecule has 5 heteroatoms. The van der Waals surface area contributed by atoms with Crippen LogP contribution < -0.4 is 0 Å². The van der Waals surface area contributed by atoms with Gasteiger partial charge in [-0.25, -0.2) is 14.4 Å². The van der Waals surface area contributed by atoms with Gasteiger partial charge in [0.05, 0.1) is 5.52 Å². The molecule has 1 aliphatic carbocycles. The number of benzene rings is 1. The van der Waals surface area contributed by atoms with Crippen LogP contribution in [0, 0.1) is 12.7 Å². The number of aromatic amines is 1. The Labute approximate surface area is 157 Å².